The SMILES string of the molecule is CCNC(Cc1nc(-c2ccccn2)no1)C1CCCC1. The van der Waals surface area contributed by atoms with Gasteiger partial charge in [0.1, 0.15) is 5.69 Å². The minimum atomic E-state index is 0.439. The minimum Gasteiger partial charge on any atom is -0.339 e. The maximum Gasteiger partial charge on any atom is 0.228 e. The molecule has 0 amide bonds. The molecule has 5 heteroatoms. The van der Waals surface area contributed by atoms with E-state index in [-0.39, 0.29) is 0 Å². The largest absolute Gasteiger partial charge is 0.339 e. The van der Waals surface area contributed by atoms with Crippen LogP contribution in [0, 0.1) is 5.92 Å². The zero-order valence-electron chi connectivity index (χ0n) is 12.5. The molecule has 112 valence electrons. The molecule has 2 heterocycles. The van der Waals surface area contributed by atoms with Gasteiger partial charge in [0.15, 0.2) is 0 Å². The summed E-state index contributed by atoms with van der Waals surface area (Å²) in [5, 5.41) is 7.63. The molecule has 1 fully saturated rings. The highest BCUT2D eigenvalue weighted by Gasteiger charge is 2.26. The zero-order chi connectivity index (χ0) is 14.5. The lowest BCUT2D eigenvalue weighted by atomic mass is 9.95. The maximum atomic E-state index is 5.41. The van der Waals surface area contributed by atoms with E-state index >= 15 is 0 Å². The highest BCUT2D eigenvalue weighted by Crippen LogP contribution is 2.29. The summed E-state index contributed by atoms with van der Waals surface area (Å²) >= 11 is 0. The summed E-state index contributed by atoms with van der Waals surface area (Å²) in [7, 11) is 0. The van der Waals surface area contributed by atoms with Gasteiger partial charge in [-0.25, -0.2) is 0 Å². The predicted octanol–water partition coefficient (Wildman–Crippen LogP) is 2.84. The van der Waals surface area contributed by atoms with Gasteiger partial charge in [-0.15, -0.1) is 0 Å². The molecule has 1 saturated carbocycles. The van der Waals surface area contributed by atoms with E-state index in [9.17, 15) is 0 Å². The van der Waals surface area contributed by atoms with Crippen molar-refractivity contribution in [2.45, 2.75) is 45.1 Å². The van der Waals surface area contributed by atoms with Crippen LogP contribution in [0.15, 0.2) is 28.9 Å². The van der Waals surface area contributed by atoms with Gasteiger partial charge in [-0.2, -0.15) is 4.98 Å². The Hall–Kier alpha value is -1.75. The van der Waals surface area contributed by atoms with Gasteiger partial charge in [0, 0.05) is 18.7 Å². The summed E-state index contributed by atoms with van der Waals surface area (Å²) in [6.45, 7) is 3.12. The Morgan fingerprint density at radius 3 is 2.90 bits per heavy atom. The highest BCUT2D eigenvalue weighted by atomic mass is 16.5. The van der Waals surface area contributed by atoms with Gasteiger partial charge >= 0.3 is 0 Å². The fourth-order valence-electron chi connectivity index (χ4n) is 3.15. The first-order valence-electron chi connectivity index (χ1n) is 7.84. The molecule has 21 heavy (non-hydrogen) atoms. The summed E-state index contributed by atoms with van der Waals surface area (Å²) in [4.78, 5) is 8.75. The van der Waals surface area contributed by atoms with E-state index in [0.29, 0.717) is 17.8 Å². The van der Waals surface area contributed by atoms with Crippen LogP contribution in [0.25, 0.3) is 11.5 Å². The van der Waals surface area contributed by atoms with Crippen LogP contribution in [-0.4, -0.2) is 27.7 Å². The Kier molecular flexibility index (Phi) is 4.60. The summed E-state index contributed by atoms with van der Waals surface area (Å²) < 4.78 is 5.41. The lowest BCUT2D eigenvalue weighted by Crippen LogP contribution is -2.37. The van der Waals surface area contributed by atoms with Crippen molar-refractivity contribution in [3.8, 4) is 11.5 Å². The molecule has 2 aromatic heterocycles. The number of nitrogens with zero attached hydrogens (tertiary/aromatic N) is 3. The third-order valence-corrected chi connectivity index (χ3v) is 4.19. The molecule has 0 radical (unpaired) electrons. The predicted molar refractivity (Wildman–Crippen MR) is 80.7 cm³/mol. The third-order valence-electron chi connectivity index (χ3n) is 4.19. The normalized spacial score (nSPS) is 17.2. The first-order valence-corrected chi connectivity index (χ1v) is 7.84. The fraction of sp³-hybridized carbons (Fsp3) is 0.562. The Labute approximate surface area is 125 Å². The summed E-state index contributed by atoms with van der Waals surface area (Å²) in [6.07, 6.45) is 7.84. The molecule has 1 unspecified atom stereocenters. The summed E-state index contributed by atoms with van der Waals surface area (Å²) in [5.41, 5.74) is 0.758. The number of pyridine rings is 1. The molecule has 1 aliphatic rings. The van der Waals surface area contributed by atoms with Crippen LogP contribution in [0.5, 0.6) is 0 Å². The standard InChI is InChI=1S/C16H22N4O/c1-2-17-14(12-7-3-4-8-12)11-15-19-16(20-21-15)13-9-5-6-10-18-13/h5-6,9-10,12,14,17H,2-4,7-8,11H2,1H3. The smallest absolute Gasteiger partial charge is 0.228 e. The second-order valence-electron chi connectivity index (χ2n) is 5.64. The number of rotatable bonds is 6. The van der Waals surface area contributed by atoms with Gasteiger partial charge in [-0.1, -0.05) is 31.0 Å². The van der Waals surface area contributed by atoms with Gasteiger partial charge in [0.2, 0.25) is 11.7 Å². The lowest BCUT2D eigenvalue weighted by molar-refractivity contribution is 0.311. The van der Waals surface area contributed by atoms with Crippen molar-refractivity contribution in [2.24, 2.45) is 5.92 Å². The van der Waals surface area contributed by atoms with E-state index in [1.165, 1.54) is 25.7 Å². The fourth-order valence-corrected chi connectivity index (χ4v) is 3.15. The van der Waals surface area contributed by atoms with Gasteiger partial charge in [0.05, 0.1) is 0 Å². The molecule has 0 bridgehead atoms. The minimum absolute atomic E-state index is 0.439. The van der Waals surface area contributed by atoms with Gasteiger partial charge < -0.3 is 9.84 Å². The zero-order valence-corrected chi connectivity index (χ0v) is 12.5. The van der Waals surface area contributed by atoms with E-state index < -0.39 is 0 Å². The van der Waals surface area contributed by atoms with E-state index in [1.54, 1.807) is 6.20 Å². The number of hydrogen-bond acceptors (Lipinski definition) is 5. The van der Waals surface area contributed by atoms with Crippen molar-refractivity contribution < 1.29 is 4.52 Å². The van der Waals surface area contributed by atoms with Crippen molar-refractivity contribution in [2.75, 3.05) is 6.54 Å². The lowest BCUT2D eigenvalue weighted by Gasteiger charge is -2.22. The quantitative estimate of drug-likeness (QED) is 0.884. The summed E-state index contributed by atoms with van der Waals surface area (Å²) in [5.74, 6) is 2.01. The number of likely N-dealkylation sites (N-methyl/N-ethyl adjacent to an activating group) is 1. The molecular formula is C16H22N4O. The second kappa shape index (κ2) is 6.80. The van der Waals surface area contributed by atoms with Crippen molar-refractivity contribution >= 4 is 0 Å². The first kappa shape index (κ1) is 14.2. The molecule has 0 aromatic carbocycles. The molecule has 0 saturated heterocycles. The molecule has 0 aliphatic heterocycles. The van der Waals surface area contributed by atoms with E-state index in [2.05, 4.69) is 27.4 Å². The molecule has 1 aliphatic carbocycles. The Morgan fingerprint density at radius 2 is 2.19 bits per heavy atom. The van der Waals surface area contributed by atoms with Gasteiger partial charge in [-0.3, -0.25) is 4.98 Å². The molecule has 3 rings (SSSR count). The molecule has 1 N–H and O–H groups in total. The Bertz CT molecular complexity index is 548. The van der Waals surface area contributed by atoms with E-state index in [0.717, 1.165) is 24.6 Å². The van der Waals surface area contributed by atoms with Crippen LogP contribution in [0.2, 0.25) is 0 Å². The molecule has 1 atom stereocenters. The van der Waals surface area contributed by atoms with E-state index in [4.69, 9.17) is 4.52 Å². The monoisotopic (exact) mass is 286 g/mol. The molecule has 2 aromatic rings. The average Bonchev–Trinajstić information content (AvgIpc) is 3.19. The van der Waals surface area contributed by atoms with Crippen molar-refractivity contribution in [3.05, 3.63) is 30.3 Å². The van der Waals surface area contributed by atoms with Crippen LogP contribution in [0.4, 0.5) is 0 Å². The van der Waals surface area contributed by atoms with Crippen molar-refractivity contribution in [3.63, 3.8) is 0 Å². The molecule has 5 nitrogen and oxygen atoms in total. The molecule has 0 spiro atoms. The van der Waals surface area contributed by atoms with Gasteiger partial charge in [-0.05, 0) is 37.4 Å². The van der Waals surface area contributed by atoms with E-state index in [1.807, 2.05) is 18.2 Å². The van der Waals surface area contributed by atoms with Crippen LogP contribution in [-0.2, 0) is 6.42 Å². The van der Waals surface area contributed by atoms with Crippen molar-refractivity contribution in [1.82, 2.24) is 20.4 Å². The second-order valence-corrected chi connectivity index (χ2v) is 5.64. The maximum absolute atomic E-state index is 5.41. The highest BCUT2D eigenvalue weighted by molar-refractivity contribution is 5.47. The number of aromatic nitrogens is 3. The Balaban J connectivity index is 1.70. The van der Waals surface area contributed by atoms with Crippen LogP contribution >= 0.6 is 0 Å². The van der Waals surface area contributed by atoms with Crippen LogP contribution < -0.4 is 5.32 Å². The third kappa shape index (κ3) is 3.47. The Morgan fingerprint density at radius 1 is 1.33 bits per heavy atom. The van der Waals surface area contributed by atoms with Crippen molar-refractivity contribution in [1.29, 1.82) is 0 Å². The number of nitrogens with one attached hydrogen (secondary N) is 1. The average molecular weight is 286 g/mol. The van der Waals surface area contributed by atoms with Crippen LogP contribution in [0.1, 0.15) is 38.5 Å². The molecular weight excluding hydrogens is 264 g/mol. The van der Waals surface area contributed by atoms with Gasteiger partial charge in [0.25, 0.3) is 0 Å². The van der Waals surface area contributed by atoms with Crippen LogP contribution in [0.3, 0.4) is 0 Å². The first-order chi connectivity index (χ1) is 10.4. The number of hydrogen-bond donors (Lipinski definition) is 1. The summed E-state index contributed by atoms with van der Waals surface area (Å²) in [6, 6.07) is 6.15. The topological polar surface area (TPSA) is 63.8 Å².